The number of carbonyl (C=O) groups is 1. The molecule has 5 nitrogen and oxygen atoms in total. The lowest BCUT2D eigenvalue weighted by molar-refractivity contribution is 0.0737. The minimum atomic E-state index is 0.0523. The third kappa shape index (κ3) is 3.90. The number of hydrogen-bond donors (Lipinski definition) is 1. The summed E-state index contributed by atoms with van der Waals surface area (Å²) in [6, 6.07) is 14.2. The molecular formula is C25H26BrN3O2. The molecule has 2 aromatic carbocycles. The van der Waals surface area contributed by atoms with Crippen LogP contribution < -0.4 is 4.74 Å². The Hall–Kier alpha value is -2.57. The van der Waals surface area contributed by atoms with Gasteiger partial charge in [-0.1, -0.05) is 30.3 Å². The quantitative estimate of drug-likeness (QED) is 0.580. The number of aromatic nitrogens is 1. The molecule has 5 rings (SSSR count). The first-order valence-electron chi connectivity index (χ1n) is 10.8. The van der Waals surface area contributed by atoms with Crippen molar-refractivity contribution in [2.75, 3.05) is 39.3 Å². The first-order chi connectivity index (χ1) is 15.1. The van der Waals surface area contributed by atoms with E-state index in [0.29, 0.717) is 31.0 Å². The number of halogens is 1. The number of aryl methyl sites for hydroxylation is 1. The highest BCUT2D eigenvalue weighted by Gasteiger charge is 2.25. The highest BCUT2D eigenvalue weighted by atomic mass is 79.9. The summed E-state index contributed by atoms with van der Waals surface area (Å²) in [4.78, 5) is 20.9. The molecule has 1 aromatic heterocycles. The predicted molar refractivity (Wildman–Crippen MR) is 128 cm³/mol. The van der Waals surface area contributed by atoms with Crippen molar-refractivity contribution in [3.05, 3.63) is 69.8 Å². The van der Waals surface area contributed by atoms with Crippen molar-refractivity contribution in [1.29, 1.82) is 0 Å². The first-order valence-corrected chi connectivity index (χ1v) is 11.6. The van der Waals surface area contributed by atoms with Crippen LogP contribution in [0.5, 0.6) is 5.75 Å². The summed E-state index contributed by atoms with van der Waals surface area (Å²) in [6.07, 6.45) is 3.38. The van der Waals surface area contributed by atoms with E-state index >= 15 is 0 Å². The van der Waals surface area contributed by atoms with Gasteiger partial charge in [0.25, 0.3) is 5.91 Å². The second-order valence-corrected chi connectivity index (χ2v) is 9.06. The van der Waals surface area contributed by atoms with Gasteiger partial charge in [0.05, 0.1) is 16.6 Å². The van der Waals surface area contributed by atoms with Gasteiger partial charge < -0.3 is 14.6 Å². The van der Waals surface area contributed by atoms with E-state index in [1.807, 2.05) is 23.1 Å². The van der Waals surface area contributed by atoms with Gasteiger partial charge in [0, 0.05) is 48.3 Å². The van der Waals surface area contributed by atoms with Gasteiger partial charge >= 0.3 is 0 Å². The predicted octanol–water partition coefficient (Wildman–Crippen LogP) is 4.86. The summed E-state index contributed by atoms with van der Waals surface area (Å²) in [5.41, 5.74) is 5.86. The molecule has 1 N–H and O–H groups in total. The molecule has 0 aliphatic carbocycles. The third-order valence-electron chi connectivity index (χ3n) is 6.29. The number of benzene rings is 2. The topological polar surface area (TPSA) is 48.6 Å². The number of carbonyl (C=O) groups excluding carboxylic acids is 1. The van der Waals surface area contributed by atoms with E-state index in [2.05, 4.69) is 63.1 Å². The van der Waals surface area contributed by atoms with Gasteiger partial charge in [0.1, 0.15) is 12.4 Å². The molecule has 0 saturated carbocycles. The van der Waals surface area contributed by atoms with Crippen molar-refractivity contribution in [2.45, 2.75) is 13.3 Å². The van der Waals surface area contributed by atoms with Crippen LogP contribution in [0.1, 0.15) is 28.0 Å². The zero-order valence-corrected chi connectivity index (χ0v) is 19.2. The third-order valence-corrected chi connectivity index (χ3v) is 6.91. The van der Waals surface area contributed by atoms with Gasteiger partial charge in [-0.15, -0.1) is 0 Å². The molecule has 2 aliphatic heterocycles. The van der Waals surface area contributed by atoms with Gasteiger partial charge in [-0.25, -0.2) is 0 Å². The van der Waals surface area contributed by atoms with Gasteiger partial charge in [0.2, 0.25) is 0 Å². The van der Waals surface area contributed by atoms with Gasteiger partial charge in [-0.05, 0) is 53.0 Å². The van der Waals surface area contributed by atoms with Crippen LogP contribution in [0.25, 0.3) is 16.5 Å². The molecule has 160 valence electrons. The summed E-state index contributed by atoms with van der Waals surface area (Å²) < 4.78 is 6.67. The summed E-state index contributed by atoms with van der Waals surface area (Å²) in [5.74, 6) is 0.714. The van der Waals surface area contributed by atoms with Gasteiger partial charge in [0.15, 0.2) is 0 Å². The summed E-state index contributed by atoms with van der Waals surface area (Å²) >= 11 is 3.49. The maximum atomic E-state index is 13.0. The van der Waals surface area contributed by atoms with Crippen molar-refractivity contribution >= 4 is 38.3 Å². The average molecular weight is 480 g/mol. The van der Waals surface area contributed by atoms with Crippen LogP contribution in [-0.4, -0.2) is 60.0 Å². The molecule has 31 heavy (non-hydrogen) atoms. The number of nitrogens with one attached hydrogen (secondary N) is 1. The Kier molecular flexibility index (Phi) is 5.59. The maximum Gasteiger partial charge on any atom is 0.257 e. The maximum absolute atomic E-state index is 13.0. The fourth-order valence-corrected chi connectivity index (χ4v) is 5.14. The fraction of sp³-hybridized carbons (Fsp3) is 0.320. The van der Waals surface area contributed by atoms with Crippen LogP contribution in [0, 0.1) is 6.92 Å². The van der Waals surface area contributed by atoms with E-state index in [9.17, 15) is 4.79 Å². The van der Waals surface area contributed by atoms with Crippen LogP contribution in [-0.2, 0) is 0 Å². The monoisotopic (exact) mass is 479 g/mol. The first kappa shape index (κ1) is 20.3. The Balaban J connectivity index is 1.25. The Bertz CT molecular complexity index is 1170. The second kappa shape index (κ2) is 8.52. The molecule has 1 amide bonds. The number of rotatable bonds is 4. The molecule has 0 radical (unpaired) electrons. The van der Waals surface area contributed by atoms with E-state index in [1.54, 1.807) is 0 Å². The lowest BCUT2D eigenvalue weighted by atomic mass is 9.97. The number of fused-ring (bicyclic) bond motifs is 2. The second-order valence-electron chi connectivity index (χ2n) is 8.21. The van der Waals surface area contributed by atoms with Crippen LogP contribution in [0.3, 0.4) is 0 Å². The lowest BCUT2D eigenvalue weighted by Crippen LogP contribution is -2.40. The van der Waals surface area contributed by atoms with E-state index in [-0.39, 0.29) is 5.91 Å². The van der Waals surface area contributed by atoms with E-state index in [0.717, 1.165) is 30.5 Å². The minimum absolute atomic E-state index is 0.0523. The molecule has 3 heterocycles. The smallest absolute Gasteiger partial charge is 0.257 e. The largest absolute Gasteiger partial charge is 0.490 e. The zero-order chi connectivity index (χ0) is 21.4. The van der Waals surface area contributed by atoms with E-state index < -0.39 is 0 Å². The molecule has 2 aliphatic rings. The van der Waals surface area contributed by atoms with Crippen molar-refractivity contribution in [1.82, 2.24) is 14.8 Å². The number of hydrogen-bond acceptors (Lipinski definition) is 3. The molecule has 0 saturated heterocycles. The number of nitrogens with zero attached hydrogens (tertiary/aromatic N) is 2. The van der Waals surface area contributed by atoms with Crippen molar-refractivity contribution in [3.8, 4) is 5.75 Å². The molecule has 0 atom stereocenters. The summed E-state index contributed by atoms with van der Waals surface area (Å²) in [5, 5.41) is 1.31. The van der Waals surface area contributed by atoms with Gasteiger partial charge in [-0.2, -0.15) is 0 Å². The van der Waals surface area contributed by atoms with Crippen LogP contribution in [0.15, 0.2) is 53.0 Å². The molecule has 0 spiro atoms. The summed E-state index contributed by atoms with van der Waals surface area (Å²) in [6.45, 7) is 6.79. The molecule has 0 unspecified atom stereocenters. The molecule has 6 heteroatoms. The number of H-pyrrole nitrogens is 1. The van der Waals surface area contributed by atoms with Crippen molar-refractivity contribution in [3.63, 3.8) is 0 Å². The van der Waals surface area contributed by atoms with Crippen LogP contribution in [0.4, 0.5) is 0 Å². The Morgan fingerprint density at radius 3 is 2.81 bits per heavy atom. The molecule has 0 fully saturated rings. The Labute approximate surface area is 190 Å². The minimum Gasteiger partial charge on any atom is -0.490 e. The normalized spacial score (nSPS) is 17.3. The number of para-hydroxylation sites is 2. The number of aromatic amines is 1. The lowest BCUT2D eigenvalue weighted by Gasteiger charge is -2.29. The Morgan fingerprint density at radius 2 is 1.97 bits per heavy atom. The standard InChI is InChI=1S/C25H26BrN3O2/c1-17-23(19-5-2-3-8-22(19)27-17)18-9-11-28(12-10-18)13-14-29-15-16-31-24-20(25(29)30)6-4-7-21(24)26/h2-9,27H,10-16H2,1H3. The van der Waals surface area contributed by atoms with Gasteiger partial charge in [-0.3, -0.25) is 9.69 Å². The average Bonchev–Trinajstić information content (AvgIpc) is 3.03. The molecule has 3 aromatic rings. The number of ether oxygens (including phenoxy) is 1. The molecule has 0 bridgehead atoms. The highest BCUT2D eigenvalue weighted by molar-refractivity contribution is 9.10. The zero-order valence-electron chi connectivity index (χ0n) is 17.7. The summed E-state index contributed by atoms with van der Waals surface area (Å²) in [7, 11) is 0. The number of amides is 1. The van der Waals surface area contributed by atoms with Crippen LogP contribution >= 0.6 is 15.9 Å². The van der Waals surface area contributed by atoms with E-state index in [1.165, 1.54) is 27.7 Å². The van der Waals surface area contributed by atoms with E-state index in [4.69, 9.17) is 4.74 Å². The van der Waals surface area contributed by atoms with Crippen molar-refractivity contribution < 1.29 is 9.53 Å². The van der Waals surface area contributed by atoms with Crippen molar-refractivity contribution in [2.24, 2.45) is 0 Å². The molecular weight excluding hydrogens is 454 g/mol. The van der Waals surface area contributed by atoms with Crippen LogP contribution in [0.2, 0.25) is 0 Å². The Morgan fingerprint density at radius 1 is 1.10 bits per heavy atom. The SMILES string of the molecule is Cc1[nH]c2ccccc2c1C1=CCN(CCN2CCOc3c(Br)cccc3C2=O)CC1. The highest BCUT2D eigenvalue weighted by Crippen LogP contribution is 2.33. The fourth-order valence-electron chi connectivity index (χ4n) is 4.66.